The van der Waals surface area contributed by atoms with Gasteiger partial charge in [0.25, 0.3) is 0 Å². The second kappa shape index (κ2) is 6.10. The first kappa shape index (κ1) is 13.8. The summed E-state index contributed by atoms with van der Waals surface area (Å²) in [5.74, 6) is -0.175. The molecule has 0 amide bonds. The van der Waals surface area contributed by atoms with Crippen LogP contribution in [-0.2, 0) is 29.1 Å². The van der Waals surface area contributed by atoms with E-state index in [2.05, 4.69) is 30.4 Å². The zero-order valence-electron chi connectivity index (χ0n) is 12.1. The molecule has 0 bridgehead atoms. The van der Waals surface area contributed by atoms with Gasteiger partial charge in [0, 0.05) is 6.54 Å². The van der Waals surface area contributed by atoms with Gasteiger partial charge in [-0.15, -0.1) is 0 Å². The van der Waals surface area contributed by atoms with Gasteiger partial charge in [-0.3, -0.25) is 4.79 Å². The summed E-state index contributed by atoms with van der Waals surface area (Å²) >= 11 is 0. The Balaban J connectivity index is 1.61. The maximum atomic E-state index is 12.2. The van der Waals surface area contributed by atoms with Gasteiger partial charge in [0.2, 0.25) is 0 Å². The van der Waals surface area contributed by atoms with Gasteiger partial charge >= 0.3 is 5.97 Å². The van der Waals surface area contributed by atoms with Crippen molar-refractivity contribution in [2.75, 3.05) is 0 Å². The lowest BCUT2D eigenvalue weighted by atomic mass is 9.94. The van der Waals surface area contributed by atoms with Crippen LogP contribution in [0.1, 0.15) is 22.3 Å². The number of aryl methyl sites for hydroxylation is 1. The summed E-state index contributed by atoms with van der Waals surface area (Å²) in [5.41, 5.74) is 4.76. The maximum absolute atomic E-state index is 12.2. The predicted octanol–water partition coefficient (Wildman–Crippen LogP) is 2.75. The highest BCUT2D eigenvalue weighted by Crippen LogP contribution is 2.19. The van der Waals surface area contributed by atoms with Crippen LogP contribution in [0.15, 0.2) is 48.5 Å². The van der Waals surface area contributed by atoms with Crippen molar-refractivity contribution in [1.29, 1.82) is 0 Å². The molecule has 3 heteroatoms. The fraction of sp³-hybridized carbons (Fsp3) is 0.278. The number of carbonyl (C=O) groups excluding carboxylic acids is 1. The summed E-state index contributed by atoms with van der Waals surface area (Å²) in [7, 11) is 0. The van der Waals surface area contributed by atoms with Crippen molar-refractivity contribution in [3.05, 3.63) is 70.8 Å². The second-order valence-corrected chi connectivity index (χ2v) is 5.50. The molecule has 1 aliphatic rings. The topological polar surface area (TPSA) is 38.3 Å². The lowest BCUT2D eigenvalue weighted by Crippen LogP contribution is -2.42. The van der Waals surface area contributed by atoms with E-state index in [1.165, 1.54) is 16.7 Å². The third kappa shape index (κ3) is 3.31. The Labute approximate surface area is 124 Å². The summed E-state index contributed by atoms with van der Waals surface area (Å²) < 4.78 is 5.41. The Bertz CT molecular complexity index is 637. The number of benzene rings is 2. The minimum absolute atomic E-state index is 0.175. The van der Waals surface area contributed by atoms with E-state index in [1.807, 2.05) is 30.3 Å². The Morgan fingerprint density at radius 3 is 2.81 bits per heavy atom. The first-order chi connectivity index (χ1) is 10.2. The molecule has 108 valence electrons. The van der Waals surface area contributed by atoms with Gasteiger partial charge in [-0.1, -0.05) is 54.1 Å². The van der Waals surface area contributed by atoms with Crippen molar-refractivity contribution in [3.8, 4) is 0 Å². The monoisotopic (exact) mass is 281 g/mol. The molecule has 2 aromatic rings. The first-order valence-corrected chi connectivity index (χ1v) is 7.25. The molecule has 1 atom stereocenters. The largest absolute Gasteiger partial charge is 0.460 e. The normalized spacial score (nSPS) is 17.1. The molecule has 2 aromatic carbocycles. The lowest BCUT2D eigenvalue weighted by molar-refractivity contribution is -0.147. The van der Waals surface area contributed by atoms with Crippen LogP contribution in [0.3, 0.4) is 0 Å². The van der Waals surface area contributed by atoms with Gasteiger partial charge in [0.1, 0.15) is 12.6 Å². The molecule has 0 spiro atoms. The highest BCUT2D eigenvalue weighted by Gasteiger charge is 2.25. The highest BCUT2D eigenvalue weighted by atomic mass is 16.5. The van der Waals surface area contributed by atoms with Crippen LogP contribution in [0.2, 0.25) is 0 Å². The van der Waals surface area contributed by atoms with E-state index in [0.717, 1.165) is 12.1 Å². The maximum Gasteiger partial charge on any atom is 0.323 e. The number of nitrogens with one attached hydrogen (secondary N) is 1. The molecule has 1 heterocycles. The van der Waals surface area contributed by atoms with E-state index in [9.17, 15) is 4.79 Å². The quantitative estimate of drug-likeness (QED) is 0.879. The van der Waals surface area contributed by atoms with Crippen molar-refractivity contribution in [3.63, 3.8) is 0 Å². The van der Waals surface area contributed by atoms with Crippen LogP contribution in [-0.4, -0.2) is 12.0 Å². The van der Waals surface area contributed by atoms with Gasteiger partial charge in [0.15, 0.2) is 0 Å². The van der Waals surface area contributed by atoms with Crippen LogP contribution in [0.4, 0.5) is 0 Å². The number of fused-ring (bicyclic) bond motifs is 1. The van der Waals surface area contributed by atoms with Crippen LogP contribution >= 0.6 is 0 Å². The van der Waals surface area contributed by atoms with Crippen LogP contribution in [0, 0.1) is 6.92 Å². The smallest absolute Gasteiger partial charge is 0.323 e. The molecule has 0 saturated carbocycles. The van der Waals surface area contributed by atoms with E-state index in [-0.39, 0.29) is 12.0 Å². The minimum atomic E-state index is -0.247. The van der Waals surface area contributed by atoms with E-state index in [1.54, 1.807) is 0 Å². The standard InChI is InChI=1S/C18H19NO2/c1-13-7-8-15-11-19-17(10-16(15)9-13)18(20)21-12-14-5-3-2-4-6-14/h2-9,17,19H,10-12H2,1H3/t17-/m1/s1. The van der Waals surface area contributed by atoms with Gasteiger partial charge in [-0.05, 0) is 30.0 Å². The third-order valence-electron chi connectivity index (χ3n) is 3.83. The Morgan fingerprint density at radius 2 is 2.00 bits per heavy atom. The molecule has 1 N–H and O–H groups in total. The van der Waals surface area contributed by atoms with Gasteiger partial charge < -0.3 is 10.1 Å². The molecular weight excluding hydrogens is 262 g/mol. The van der Waals surface area contributed by atoms with Crippen molar-refractivity contribution >= 4 is 5.97 Å². The molecule has 0 saturated heterocycles. The summed E-state index contributed by atoms with van der Waals surface area (Å²) in [6.07, 6.45) is 0.699. The van der Waals surface area contributed by atoms with Gasteiger partial charge in [-0.25, -0.2) is 0 Å². The number of hydrogen-bond acceptors (Lipinski definition) is 3. The number of hydrogen-bond donors (Lipinski definition) is 1. The SMILES string of the molecule is Cc1ccc2c(c1)C[C@H](C(=O)OCc1ccccc1)NC2. The molecule has 0 fully saturated rings. The van der Waals surface area contributed by atoms with E-state index < -0.39 is 0 Å². The number of rotatable bonds is 3. The summed E-state index contributed by atoms with van der Waals surface area (Å²) in [4.78, 5) is 12.2. The zero-order chi connectivity index (χ0) is 14.7. The Kier molecular flexibility index (Phi) is 4.02. The average Bonchev–Trinajstić information content (AvgIpc) is 2.53. The van der Waals surface area contributed by atoms with Crippen molar-refractivity contribution in [2.24, 2.45) is 0 Å². The van der Waals surface area contributed by atoms with E-state index in [4.69, 9.17) is 4.74 Å². The third-order valence-corrected chi connectivity index (χ3v) is 3.83. The van der Waals surface area contributed by atoms with Crippen LogP contribution in [0.25, 0.3) is 0 Å². The molecule has 21 heavy (non-hydrogen) atoms. The average molecular weight is 281 g/mol. The molecule has 0 radical (unpaired) electrons. The van der Waals surface area contributed by atoms with Gasteiger partial charge in [0.05, 0.1) is 0 Å². The van der Waals surface area contributed by atoms with Crippen molar-refractivity contribution in [1.82, 2.24) is 5.32 Å². The predicted molar refractivity (Wildman–Crippen MR) is 81.7 cm³/mol. The molecule has 0 aromatic heterocycles. The van der Waals surface area contributed by atoms with E-state index in [0.29, 0.717) is 13.0 Å². The van der Waals surface area contributed by atoms with E-state index >= 15 is 0 Å². The second-order valence-electron chi connectivity index (χ2n) is 5.50. The number of carbonyl (C=O) groups is 1. The fourth-order valence-corrected chi connectivity index (χ4v) is 2.64. The Morgan fingerprint density at radius 1 is 1.19 bits per heavy atom. The summed E-state index contributed by atoms with van der Waals surface area (Å²) in [6.45, 7) is 3.13. The fourth-order valence-electron chi connectivity index (χ4n) is 2.64. The first-order valence-electron chi connectivity index (χ1n) is 7.25. The number of esters is 1. The van der Waals surface area contributed by atoms with Crippen molar-refractivity contribution in [2.45, 2.75) is 32.5 Å². The van der Waals surface area contributed by atoms with Crippen molar-refractivity contribution < 1.29 is 9.53 Å². The number of ether oxygens (including phenoxy) is 1. The lowest BCUT2D eigenvalue weighted by Gasteiger charge is -2.25. The molecule has 3 rings (SSSR count). The minimum Gasteiger partial charge on any atom is -0.460 e. The molecule has 0 unspecified atom stereocenters. The molecular formula is C18H19NO2. The van der Waals surface area contributed by atoms with Crippen LogP contribution in [0.5, 0.6) is 0 Å². The zero-order valence-corrected chi connectivity index (χ0v) is 12.1. The summed E-state index contributed by atoms with van der Waals surface area (Å²) in [6, 6.07) is 15.9. The molecule has 0 aliphatic carbocycles. The van der Waals surface area contributed by atoms with Gasteiger partial charge in [-0.2, -0.15) is 0 Å². The molecule has 3 nitrogen and oxygen atoms in total. The summed E-state index contributed by atoms with van der Waals surface area (Å²) in [5, 5.41) is 3.26. The Hall–Kier alpha value is -2.13. The highest BCUT2D eigenvalue weighted by molar-refractivity contribution is 5.76. The molecule has 1 aliphatic heterocycles. The van der Waals surface area contributed by atoms with Crippen LogP contribution < -0.4 is 5.32 Å².